The molecule has 4 N–H and O–H groups in total. The number of rotatable bonds is 19. The number of aryl methyl sites for hydroxylation is 5. The largest absolute Gasteiger partial charge is 0.508 e. The van der Waals surface area contributed by atoms with Crippen LogP contribution in [0.1, 0.15) is 78.2 Å². The van der Waals surface area contributed by atoms with Crippen molar-refractivity contribution >= 4 is 103 Å². The fourth-order valence-electron chi connectivity index (χ4n) is 8.18. The zero-order chi connectivity index (χ0) is 55.1. The summed E-state index contributed by atoms with van der Waals surface area (Å²) >= 11 is 9.04. The van der Waals surface area contributed by atoms with Crippen LogP contribution in [0.15, 0.2) is 196 Å². The fourth-order valence-corrected chi connectivity index (χ4v) is 9.33. The molecule has 1 amide bonds. The van der Waals surface area contributed by atoms with Crippen LogP contribution in [0.2, 0.25) is 0 Å². The van der Waals surface area contributed by atoms with Crippen LogP contribution in [0.5, 0.6) is 5.75 Å². The molecule has 0 unspecified atom stereocenters. The monoisotopic (exact) mass is 1080 g/mol. The lowest BCUT2D eigenvalue weighted by molar-refractivity contribution is 0.102. The molecule has 0 saturated carbocycles. The van der Waals surface area contributed by atoms with E-state index in [1.54, 1.807) is 60.7 Å². The molecule has 7 aromatic rings. The van der Waals surface area contributed by atoms with Gasteiger partial charge < -0.3 is 15.5 Å². The lowest BCUT2D eigenvalue weighted by atomic mass is 9.99. The number of carbonyl (C=O) groups excluding carboxylic acids is 1. The Morgan fingerprint density at radius 2 is 1.37 bits per heavy atom. The van der Waals surface area contributed by atoms with Crippen molar-refractivity contribution in [2.24, 2.45) is 40.9 Å². The van der Waals surface area contributed by atoms with E-state index < -0.39 is 10.1 Å². The Labute approximate surface area is 454 Å². The molecule has 0 radical (unpaired) electrons. The maximum atomic E-state index is 13.5. The fraction of sp³-hybridized carbons (Fsp3) is 0.224. The van der Waals surface area contributed by atoms with Crippen molar-refractivity contribution in [2.75, 3.05) is 18.2 Å². The molecular weight excluding hydrogens is 1010 g/mol. The summed E-state index contributed by atoms with van der Waals surface area (Å²) < 4.78 is 34.2. The number of nitrogens with zero attached hydrogens (tertiary/aromatic N) is 8. The predicted molar refractivity (Wildman–Crippen MR) is 311 cm³/mol. The van der Waals surface area contributed by atoms with Crippen LogP contribution in [0.3, 0.4) is 0 Å². The standard InChI is InChI=1S/C57H57N9O5S3.CH4O/c1-8-39-28-41(57(68)58-45-17-22-50-40(13-11-10-12-24-72)31-48(74(69,70)71)32-42(50)29-45)14-23-52(39)63-62-51(9-2)34(3)25-37(6)59-64-53-26-36(5)54(27-35(53)4)65-66-56-38(7)49-21-18-46(30-43(49)33-55(56)73)61-60-44-15-19-47(67)20-16-44;1-2/h9,14-23,25-33,67,72-73H,6,8,10-13,24H2,1-5,7H3,(H,58,68)(H,69,70,71);2H,1H3/b34-25-,51-9+,61-60?,63-62?,64-59?,66-65?;. The highest BCUT2D eigenvalue weighted by molar-refractivity contribution is 7.85. The third-order valence-electron chi connectivity index (χ3n) is 12.2. The maximum Gasteiger partial charge on any atom is 0.294 e. The number of amides is 1. The molecule has 0 saturated heterocycles. The van der Waals surface area contributed by atoms with Gasteiger partial charge in [0.2, 0.25) is 0 Å². The number of phenolic OH excluding ortho intramolecular Hbond substituents is 1. The molecule has 0 atom stereocenters. The highest BCUT2D eigenvalue weighted by Crippen LogP contribution is 2.38. The first kappa shape index (κ1) is 57.8. The Hall–Kier alpha value is -7.48. The number of benzene rings is 7. The van der Waals surface area contributed by atoms with Crippen molar-refractivity contribution in [2.45, 2.75) is 83.4 Å². The van der Waals surface area contributed by atoms with E-state index in [9.17, 15) is 22.9 Å². The van der Waals surface area contributed by atoms with Gasteiger partial charge in [0.25, 0.3) is 16.0 Å². The van der Waals surface area contributed by atoms with E-state index in [1.807, 2.05) is 90.1 Å². The summed E-state index contributed by atoms with van der Waals surface area (Å²) in [6, 6.07) is 31.6. The van der Waals surface area contributed by atoms with Crippen molar-refractivity contribution in [3.05, 3.63) is 178 Å². The summed E-state index contributed by atoms with van der Waals surface area (Å²) in [5.41, 5.74) is 10.8. The Kier molecular flexibility index (Phi) is 20.4. The zero-order valence-corrected chi connectivity index (χ0v) is 46.0. The Morgan fingerprint density at radius 1 is 0.711 bits per heavy atom. The number of allylic oxidation sites excluding steroid dienone is 3. The number of carbonyl (C=O) groups is 1. The van der Waals surface area contributed by atoms with Crippen LogP contribution in [-0.4, -0.2) is 42.0 Å². The molecule has 0 spiro atoms. The van der Waals surface area contributed by atoms with Crippen molar-refractivity contribution in [3.8, 4) is 5.75 Å². The molecule has 0 heterocycles. The van der Waals surface area contributed by atoms with E-state index in [1.165, 1.54) is 12.1 Å². The number of nitrogens with one attached hydrogen (secondary N) is 1. The molecule has 0 aliphatic rings. The Balaban J connectivity index is 0.00000463. The van der Waals surface area contributed by atoms with Crippen LogP contribution in [0.25, 0.3) is 21.5 Å². The van der Waals surface area contributed by atoms with E-state index in [2.05, 4.69) is 65.4 Å². The predicted octanol–water partition coefficient (Wildman–Crippen LogP) is 17.3. The number of thiol groups is 2. The molecule has 7 aromatic carbocycles. The number of azo groups is 4. The maximum absolute atomic E-state index is 13.5. The first-order valence-electron chi connectivity index (χ1n) is 24.4. The summed E-state index contributed by atoms with van der Waals surface area (Å²) in [4.78, 5) is 14.0. The van der Waals surface area contributed by atoms with Crippen LogP contribution in [0, 0.1) is 20.8 Å². The van der Waals surface area contributed by atoms with Gasteiger partial charge in [-0.25, -0.2) is 0 Å². The number of hydrogen-bond acceptors (Lipinski definition) is 15. The van der Waals surface area contributed by atoms with Gasteiger partial charge in [-0.3, -0.25) is 9.35 Å². The van der Waals surface area contributed by atoms with Crippen LogP contribution in [0.4, 0.5) is 39.8 Å². The van der Waals surface area contributed by atoms with E-state index in [0.29, 0.717) is 79.9 Å². The molecule has 0 bridgehead atoms. The third-order valence-corrected chi connectivity index (χ3v) is 13.7. The number of aliphatic hydroxyl groups excluding tert-OH is 1. The molecule has 0 aromatic heterocycles. The van der Waals surface area contributed by atoms with Crippen molar-refractivity contribution < 1.29 is 28.0 Å². The average Bonchev–Trinajstić information content (AvgIpc) is 3.40. The van der Waals surface area contributed by atoms with E-state index in [4.69, 9.17) is 17.7 Å². The van der Waals surface area contributed by atoms with Gasteiger partial charge >= 0.3 is 0 Å². The molecule has 0 aliphatic heterocycles. The molecule has 7 rings (SSSR count). The minimum absolute atomic E-state index is 0.167. The second kappa shape index (κ2) is 26.8. The number of aliphatic hydroxyl groups is 1. The van der Waals surface area contributed by atoms with Gasteiger partial charge in [-0.15, -0.1) is 17.7 Å². The molecule has 76 heavy (non-hydrogen) atoms. The van der Waals surface area contributed by atoms with Gasteiger partial charge in [0, 0.05) is 23.3 Å². The minimum Gasteiger partial charge on any atom is -0.508 e. The van der Waals surface area contributed by atoms with Crippen LogP contribution in [-0.2, 0) is 23.0 Å². The van der Waals surface area contributed by atoms with Gasteiger partial charge in [-0.1, -0.05) is 38.1 Å². The summed E-state index contributed by atoms with van der Waals surface area (Å²) in [5.74, 6) is 0.593. The lowest BCUT2D eigenvalue weighted by Gasteiger charge is -2.12. The van der Waals surface area contributed by atoms with Gasteiger partial charge in [0.1, 0.15) is 11.4 Å². The van der Waals surface area contributed by atoms with E-state index in [-0.39, 0.29) is 16.6 Å². The number of phenols is 1. The topological polar surface area (TPSA) is 223 Å². The summed E-state index contributed by atoms with van der Waals surface area (Å²) in [6.07, 6.45) is 7.58. The summed E-state index contributed by atoms with van der Waals surface area (Å²) in [6.45, 7) is 15.7. The highest BCUT2D eigenvalue weighted by Gasteiger charge is 2.16. The summed E-state index contributed by atoms with van der Waals surface area (Å²) in [7, 11) is -3.45. The average molecular weight is 1080 g/mol. The number of unbranched alkanes of at least 4 members (excludes halogenated alkanes) is 2. The SMILES string of the molecule is C=C(/C=C(C)\C(=C/C)N=Nc1ccc(C(=O)Nc2ccc3c(CCCCCS)cc(S(=O)(=O)O)cc3c2)cc1CC)N=Nc1cc(C)c(N=Nc2c(S)cc3cc(N=Nc4ccc(O)cc4)ccc3c2C)cc1C.CO. The first-order valence-corrected chi connectivity index (χ1v) is 26.9. The van der Waals surface area contributed by atoms with Crippen molar-refractivity contribution in [1.29, 1.82) is 0 Å². The highest BCUT2D eigenvalue weighted by atomic mass is 32.2. The molecule has 392 valence electrons. The number of aromatic hydroxyl groups is 1. The molecule has 0 aliphatic carbocycles. The van der Waals surface area contributed by atoms with Crippen LogP contribution >= 0.6 is 25.3 Å². The van der Waals surface area contributed by atoms with Gasteiger partial charge in [0.15, 0.2) is 0 Å². The van der Waals surface area contributed by atoms with Gasteiger partial charge in [0.05, 0.1) is 44.7 Å². The van der Waals surface area contributed by atoms with E-state index >= 15 is 0 Å². The van der Waals surface area contributed by atoms with Crippen molar-refractivity contribution in [1.82, 2.24) is 0 Å². The molecule has 18 heteroatoms. The second-order valence-corrected chi connectivity index (χ2v) is 20.0. The first-order chi connectivity index (χ1) is 36.4. The number of hydrogen-bond donors (Lipinski definition) is 6. The lowest BCUT2D eigenvalue weighted by Crippen LogP contribution is -2.12. The second-order valence-electron chi connectivity index (χ2n) is 17.7. The Bertz CT molecular complexity index is 3610. The minimum atomic E-state index is -4.45. The summed E-state index contributed by atoms with van der Waals surface area (Å²) in [5, 5.41) is 58.8. The van der Waals surface area contributed by atoms with Crippen molar-refractivity contribution in [3.63, 3.8) is 0 Å². The Morgan fingerprint density at radius 3 is 2.05 bits per heavy atom. The smallest absolute Gasteiger partial charge is 0.294 e. The zero-order valence-electron chi connectivity index (χ0n) is 43.4. The van der Waals surface area contributed by atoms with Crippen LogP contribution < -0.4 is 5.32 Å². The normalized spacial score (nSPS) is 12.4. The molecule has 15 nitrogen and oxygen atoms in total. The molecular formula is C58H61N9O6S3. The number of fused-ring (bicyclic) bond motifs is 2. The van der Waals surface area contributed by atoms with Gasteiger partial charge in [-0.05, 0) is 224 Å². The van der Waals surface area contributed by atoms with E-state index in [0.717, 1.165) is 81.7 Å². The third kappa shape index (κ3) is 15.1. The van der Waals surface area contributed by atoms with Gasteiger partial charge in [-0.2, -0.15) is 56.8 Å². The number of anilines is 1. The molecule has 0 fully saturated rings. The quantitative estimate of drug-likeness (QED) is 0.0152.